The van der Waals surface area contributed by atoms with Gasteiger partial charge in [0.15, 0.2) is 0 Å². The molecule has 2 aromatic carbocycles. The standard InChI is InChI=1S/C15H11NO/c1-2-11-5-3-6-12(9-11)13-7-4-8-14(10-13)15(16)17/h1,3-10H,(H2,16,17). The fraction of sp³-hybridized carbons (Fsp3) is 0. The Morgan fingerprint density at radius 2 is 1.71 bits per heavy atom. The Morgan fingerprint density at radius 1 is 1.06 bits per heavy atom. The molecule has 0 saturated carbocycles. The van der Waals surface area contributed by atoms with Crippen LogP contribution in [0.15, 0.2) is 48.5 Å². The van der Waals surface area contributed by atoms with E-state index in [-0.39, 0.29) is 0 Å². The second-order valence-electron chi connectivity index (χ2n) is 3.67. The largest absolute Gasteiger partial charge is 0.366 e. The maximum atomic E-state index is 11.1. The van der Waals surface area contributed by atoms with Crippen LogP contribution >= 0.6 is 0 Å². The highest BCUT2D eigenvalue weighted by molar-refractivity contribution is 5.94. The second-order valence-corrected chi connectivity index (χ2v) is 3.67. The van der Waals surface area contributed by atoms with Crippen molar-refractivity contribution in [1.29, 1.82) is 0 Å². The number of rotatable bonds is 2. The molecule has 0 aromatic heterocycles. The molecule has 0 atom stereocenters. The van der Waals surface area contributed by atoms with E-state index in [1.165, 1.54) is 0 Å². The van der Waals surface area contributed by atoms with Crippen LogP contribution in [0.3, 0.4) is 0 Å². The van der Waals surface area contributed by atoms with Gasteiger partial charge in [-0.2, -0.15) is 0 Å². The van der Waals surface area contributed by atoms with Gasteiger partial charge in [0.2, 0.25) is 5.91 Å². The number of benzene rings is 2. The van der Waals surface area contributed by atoms with Gasteiger partial charge in [-0.1, -0.05) is 30.2 Å². The molecule has 17 heavy (non-hydrogen) atoms. The van der Waals surface area contributed by atoms with Crippen molar-refractivity contribution in [2.45, 2.75) is 0 Å². The summed E-state index contributed by atoms with van der Waals surface area (Å²) in [7, 11) is 0. The van der Waals surface area contributed by atoms with Crippen LogP contribution in [-0.2, 0) is 0 Å². The third-order valence-electron chi connectivity index (χ3n) is 2.51. The number of hydrogen-bond donors (Lipinski definition) is 1. The highest BCUT2D eigenvalue weighted by Crippen LogP contribution is 2.21. The first kappa shape index (κ1) is 11.0. The zero-order chi connectivity index (χ0) is 12.3. The minimum Gasteiger partial charge on any atom is -0.366 e. The number of terminal acetylenes is 1. The molecule has 0 unspecified atom stereocenters. The fourth-order valence-electron chi connectivity index (χ4n) is 1.64. The Labute approximate surface area is 100 Å². The Bertz CT molecular complexity index is 608. The predicted molar refractivity (Wildman–Crippen MR) is 68.3 cm³/mol. The number of amides is 1. The molecule has 0 aliphatic carbocycles. The van der Waals surface area contributed by atoms with Crippen molar-refractivity contribution in [2.24, 2.45) is 5.73 Å². The number of carbonyl (C=O) groups is 1. The monoisotopic (exact) mass is 221 g/mol. The highest BCUT2D eigenvalue weighted by atomic mass is 16.1. The lowest BCUT2D eigenvalue weighted by atomic mass is 10.0. The highest BCUT2D eigenvalue weighted by Gasteiger charge is 2.03. The average molecular weight is 221 g/mol. The Hall–Kier alpha value is -2.53. The lowest BCUT2D eigenvalue weighted by Crippen LogP contribution is -2.10. The Kier molecular flexibility index (Phi) is 2.93. The van der Waals surface area contributed by atoms with Crippen LogP contribution < -0.4 is 5.73 Å². The third-order valence-corrected chi connectivity index (χ3v) is 2.51. The van der Waals surface area contributed by atoms with E-state index in [2.05, 4.69) is 5.92 Å². The van der Waals surface area contributed by atoms with Gasteiger partial charge in [0, 0.05) is 11.1 Å². The normalized spacial score (nSPS) is 9.59. The number of primary amides is 1. The van der Waals surface area contributed by atoms with Gasteiger partial charge in [-0.25, -0.2) is 0 Å². The molecule has 2 aromatic rings. The molecule has 0 fully saturated rings. The van der Waals surface area contributed by atoms with Crippen LogP contribution in [0, 0.1) is 12.3 Å². The molecule has 2 nitrogen and oxygen atoms in total. The molecule has 2 N–H and O–H groups in total. The van der Waals surface area contributed by atoms with Crippen molar-refractivity contribution in [3.8, 4) is 23.5 Å². The number of nitrogens with two attached hydrogens (primary N) is 1. The molecule has 0 saturated heterocycles. The lowest BCUT2D eigenvalue weighted by molar-refractivity contribution is 0.100. The summed E-state index contributed by atoms with van der Waals surface area (Å²) in [6.45, 7) is 0. The van der Waals surface area contributed by atoms with Crippen LogP contribution in [0.2, 0.25) is 0 Å². The fourth-order valence-corrected chi connectivity index (χ4v) is 1.64. The van der Waals surface area contributed by atoms with Gasteiger partial charge in [-0.3, -0.25) is 4.79 Å². The van der Waals surface area contributed by atoms with Crippen molar-refractivity contribution in [2.75, 3.05) is 0 Å². The molecule has 2 heteroatoms. The summed E-state index contributed by atoms with van der Waals surface area (Å²) in [5.41, 5.74) is 8.46. The maximum Gasteiger partial charge on any atom is 0.248 e. The van der Waals surface area contributed by atoms with Crippen LogP contribution in [-0.4, -0.2) is 5.91 Å². The molecule has 0 spiro atoms. The van der Waals surface area contributed by atoms with Gasteiger partial charge < -0.3 is 5.73 Å². The van der Waals surface area contributed by atoms with Crippen molar-refractivity contribution >= 4 is 5.91 Å². The average Bonchev–Trinajstić information content (AvgIpc) is 2.39. The molecule has 0 heterocycles. The van der Waals surface area contributed by atoms with Crippen molar-refractivity contribution in [3.63, 3.8) is 0 Å². The number of carbonyl (C=O) groups excluding carboxylic acids is 1. The van der Waals surface area contributed by atoms with E-state index in [0.717, 1.165) is 16.7 Å². The molecular formula is C15H11NO. The zero-order valence-corrected chi connectivity index (χ0v) is 9.18. The van der Waals surface area contributed by atoms with Crippen LogP contribution in [0.5, 0.6) is 0 Å². The van der Waals surface area contributed by atoms with Crippen molar-refractivity contribution in [3.05, 3.63) is 59.7 Å². The molecular weight excluding hydrogens is 210 g/mol. The van der Waals surface area contributed by atoms with Gasteiger partial charge in [0.1, 0.15) is 0 Å². The topological polar surface area (TPSA) is 43.1 Å². The first-order valence-corrected chi connectivity index (χ1v) is 5.17. The SMILES string of the molecule is C#Cc1cccc(-c2cccc(C(N)=O)c2)c1. The molecule has 0 aliphatic heterocycles. The summed E-state index contributed by atoms with van der Waals surface area (Å²) in [6, 6.07) is 14.8. The third kappa shape index (κ3) is 2.35. The molecule has 82 valence electrons. The molecule has 0 radical (unpaired) electrons. The van der Waals surface area contributed by atoms with E-state index in [9.17, 15) is 4.79 Å². The summed E-state index contributed by atoms with van der Waals surface area (Å²) >= 11 is 0. The molecule has 0 bridgehead atoms. The van der Waals surface area contributed by atoms with Crippen LogP contribution in [0.4, 0.5) is 0 Å². The lowest BCUT2D eigenvalue weighted by Gasteiger charge is -2.04. The van der Waals surface area contributed by atoms with Crippen molar-refractivity contribution < 1.29 is 4.79 Å². The summed E-state index contributed by atoms with van der Waals surface area (Å²) in [4.78, 5) is 11.1. The van der Waals surface area contributed by atoms with Crippen LogP contribution in [0.25, 0.3) is 11.1 Å². The van der Waals surface area contributed by atoms with E-state index >= 15 is 0 Å². The van der Waals surface area contributed by atoms with Gasteiger partial charge >= 0.3 is 0 Å². The van der Waals surface area contributed by atoms with E-state index in [0.29, 0.717) is 5.56 Å². The van der Waals surface area contributed by atoms with E-state index in [1.54, 1.807) is 18.2 Å². The smallest absolute Gasteiger partial charge is 0.248 e. The summed E-state index contributed by atoms with van der Waals surface area (Å²) in [6.07, 6.45) is 5.35. The summed E-state index contributed by atoms with van der Waals surface area (Å²) in [5.74, 6) is 2.15. The van der Waals surface area contributed by atoms with E-state index in [1.807, 2.05) is 30.3 Å². The van der Waals surface area contributed by atoms with E-state index < -0.39 is 5.91 Å². The molecule has 1 amide bonds. The Balaban J connectivity index is 2.49. The minimum atomic E-state index is -0.431. The molecule has 0 aliphatic rings. The van der Waals surface area contributed by atoms with Gasteiger partial charge in [0.25, 0.3) is 0 Å². The predicted octanol–water partition coefficient (Wildman–Crippen LogP) is 2.43. The first-order chi connectivity index (χ1) is 8.20. The molecule has 2 rings (SSSR count). The van der Waals surface area contributed by atoms with Crippen LogP contribution in [0.1, 0.15) is 15.9 Å². The zero-order valence-electron chi connectivity index (χ0n) is 9.18. The number of hydrogen-bond acceptors (Lipinski definition) is 1. The van der Waals surface area contributed by atoms with Crippen molar-refractivity contribution in [1.82, 2.24) is 0 Å². The van der Waals surface area contributed by atoms with E-state index in [4.69, 9.17) is 12.2 Å². The maximum absolute atomic E-state index is 11.1. The minimum absolute atomic E-state index is 0.431. The van der Waals surface area contributed by atoms with Gasteiger partial charge in [-0.15, -0.1) is 6.42 Å². The van der Waals surface area contributed by atoms with Gasteiger partial charge in [0.05, 0.1) is 0 Å². The Morgan fingerprint density at radius 3 is 2.35 bits per heavy atom. The van der Waals surface area contributed by atoms with Gasteiger partial charge in [-0.05, 0) is 35.4 Å². The second kappa shape index (κ2) is 4.54. The quantitative estimate of drug-likeness (QED) is 0.777. The summed E-state index contributed by atoms with van der Waals surface area (Å²) < 4.78 is 0. The summed E-state index contributed by atoms with van der Waals surface area (Å²) in [5, 5.41) is 0. The first-order valence-electron chi connectivity index (χ1n) is 5.17.